The predicted molar refractivity (Wildman–Crippen MR) is 116 cm³/mol. The first-order valence-corrected chi connectivity index (χ1v) is 10.2. The van der Waals surface area contributed by atoms with Crippen LogP contribution in [0, 0.1) is 5.41 Å². The summed E-state index contributed by atoms with van der Waals surface area (Å²) in [4.78, 5) is 19.5. The lowest BCUT2D eigenvalue weighted by atomic mass is 9.79. The summed E-state index contributed by atoms with van der Waals surface area (Å²) in [6.45, 7) is 2.52. The second-order valence-corrected chi connectivity index (χ2v) is 7.92. The van der Waals surface area contributed by atoms with Gasteiger partial charge >= 0.3 is 0 Å². The fraction of sp³-hybridized carbons (Fsp3) is 0.280. The van der Waals surface area contributed by atoms with E-state index in [0.29, 0.717) is 0 Å². The maximum Gasteiger partial charge on any atom is 0.227 e. The summed E-state index contributed by atoms with van der Waals surface area (Å²) in [5.41, 5.74) is 4.42. The molecule has 3 aromatic rings. The Morgan fingerprint density at radius 1 is 1.00 bits per heavy atom. The molecule has 1 fully saturated rings. The molecule has 0 saturated carbocycles. The minimum absolute atomic E-state index is 0.137. The summed E-state index contributed by atoms with van der Waals surface area (Å²) >= 11 is 0. The van der Waals surface area contributed by atoms with E-state index in [1.54, 1.807) is 13.2 Å². The quantitative estimate of drug-likeness (QED) is 0.699. The van der Waals surface area contributed by atoms with E-state index in [4.69, 9.17) is 0 Å². The Morgan fingerprint density at radius 2 is 1.76 bits per heavy atom. The van der Waals surface area contributed by atoms with E-state index in [2.05, 4.69) is 69.8 Å². The van der Waals surface area contributed by atoms with Gasteiger partial charge < -0.3 is 5.32 Å². The zero-order valence-electron chi connectivity index (χ0n) is 16.8. The average Bonchev–Trinajstić information content (AvgIpc) is 3.18. The molecule has 4 rings (SSSR count). The number of aromatic nitrogens is 1. The number of nitrogens with one attached hydrogen (secondary N) is 1. The maximum absolute atomic E-state index is 12.9. The third-order valence-corrected chi connectivity index (χ3v) is 5.87. The van der Waals surface area contributed by atoms with E-state index in [0.717, 1.165) is 32.5 Å². The molecule has 0 bridgehead atoms. The molecule has 29 heavy (non-hydrogen) atoms. The first-order chi connectivity index (χ1) is 14.2. The van der Waals surface area contributed by atoms with Crippen LogP contribution in [0.1, 0.15) is 17.5 Å². The third-order valence-electron chi connectivity index (χ3n) is 5.87. The van der Waals surface area contributed by atoms with Crippen LogP contribution in [-0.4, -0.2) is 35.9 Å². The Balaban J connectivity index is 1.50. The Kier molecular flexibility index (Phi) is 5.72. The molecular weight excluding hydrogens is 358 g/mol. The van der Waals surface area contributed by atoms with E-state index in [1.807, 2.05) is 18.3 Å². The van der Waals surface area contributed by atoms with Gasteiger partial charge in [0.25, 0.3) is 0 Å². The number of rotatable bonds is 6. The third kappa shape index (κ3) is 4.38. The molecule has 148 valence electrons. The highest BCUT2D eigenvalue weighted by molar-refractivity contribution is 5.83. The van der Waals surface area contributed by atoms with Crippen molar-refractivity contribution in [3.05, 3.63) is 90.3 Å². The molecule has 1 amide bonds. The van der Waals surface area contributed by atoms with Crippen LogP contribution in [0.3, 0.4) is 0 Å². The van der Waals surface area contributed by atoms with E-state index in [9.17, 15) is 4.79 Å². The molecular formula is C25H27N3O. The minimum atomic E-state index is -0.384. The number of carbonyl (C=O) groups is 1. The Bertz CT molecular complexity index is 941. The van der Waals surface area contributed by atoms with Crippen LogP contribution in [0.2, 0.25) is 0 Å². The fourth-order valence-corrected chi connectivity index (χ4v) is 4.35. The van der Waals surface area contributed by atoms with Crippen molar-refractivity contribution in [2.75, 3.05) is 20.1 Å². The number of benzene rings is 2. The van der Waals surface area contributed by atoms with Crippen molar-refractivity contribution in [3.63, 3.8) is 0 Å². The van der Waals surface area contributed by atoms with Crippen LogP contribution in [0.15, 0.2) is 79.1 Å². The molecule has 0 unspecified atom stereocenters. The number of hydrogen-bond acceptors (Lipinski definition) is 3. The molecule has 4 nitrogen and oxygen atoms in total. The van der Waals surface area contributed by atoms with Gasteiger partial charge in [-0.25, -0.2) is 0 Å². The summed E-state index contributed by atoms with van der Waals surface area (Å²) in [7, 11) is 1.74. The molecule has 0 radical (unpaired) electrons. The highest BCUT2D eigenvalue weighted by Crippen LogP contribution is 2.36. The molecule has 2 heterocycles. The van der Waals surface area contributed by atoms with Crippen LogP contribution in [0.4, 0.5) is 0 Å². The summed E-state index contributed by atoms with van der Waals surface area (Å²) < 4.78 is 0. The lowest BCUT2D eigenvalue weighted by Crippen LogP contribution is -2.43. The molecule has 2 aromatic carbocycles. The van der Waals surface area contributed by atoms with Gasteiger partial charge in [-0.3, -0.25) is 14.7 Å². The second-order valence-electron chi connectivity index (χ2n) is 7.92. The number of carbonyl (C=O) groups excluding carboxylic acids is 1. The second kappa shape index (κ2) is 8.58. The van der Waals surface area contributed by atoms with Crippen molar-refractivity contribution >= 4 is 5.91 Å². The normalized spacial score (nSPS) is 19.2. The Hall–Kier alpha value is -2.98. The number of hydrogen-bond donors (Lipinski definition) is 1. The van der Waals surface area contributed by atoms with Crippen LogP contribution < -0.4 is 5.32 Å². The first kappa shape index (κ1) is 19.3. The van der Waals surface area contributed by atoms with Crippen LogP contribution in [0.5, 0.6) is 0 Å². The summed E-state index contributed by atoms with van der Waals surface area (Å²) in [6, 6.07) is 23.1. The topological polar surface area (TPSA) is 45.2 Å². The average molecular weight is 386 g/mol. The van der Waals surface area contributed by atoms with E-state index < -0.39 is 0 Å². The van der Waals surface area contributed by atoms with Crippen molar-refractivity contribution in [2.24, 2.45) is 5.41 Å². The van der Waals surface area contributed by atoms with Crippen LogP contribution >= 0.6 is 0 Å². The largest absolute Gasteiger partial charge is 0.359 e. The molecule has 1 atom stereocenters. The number of likely N-dealkylation sites (tertiary alicyclic amines) is 1. The van der Waals surface area contributed by atoms with Gasteiger partial charge in [0.1, 0.15) is 0 Å². The van der Waals surface area contributed by atoms with Crippen LogP contribution in [-0.2, 0) is 17.8 Å². The number of amides is 1. The Morgan fingerprint density at radius 3 is 2.45 bits per heavy atom. The fourth-order valence-electron chi connectivity index (χ4n) is 4.35. The van der Waals surface area contributed by atoms with Gasteiger partial charge in [-0.1, -0.05) is 60.7 Å². The van der Waals surface area contributed by atoms with Crippen molar-refractivity contribution in [2.45, 2.75) is 19.4 Å². The van der Waals surface area contributed by atoms with E-state index in [1.165, 1.54) is 22.3 Å². The lowest BCUT2D eigenvalue weighted by Gasteiger charge is -2.28. The summed E-state index contributed by atoms with van der Waals surface area (Å²) in [6.07, 6.45) is 5.32. The summed E-state index contributed by atoms with van der Waals surface area (Å²) in [5.74, 6) is 0.137. The van der Waals surface area contributed by atoms with Gasteiger partial charge in [0.15, 0.2) is 0 Å². The van der Waals surface area contributed by atoms with Crippen molar-refractivity contribution in [3.8, 4) is 11.1 Å². The maximum atomic E-state index is 12.9. The molecule has 0 spiro atoms. The number of nitrogens with zero attached hydrogens (tertiary/aromatic N) is 2. The van der Waals surface area contributed by atoms with E-state index in [-0.39, 0.29) is 11.3 Å². The molecule has 1 aliphatic rings. The van der Waals surface area contributed by atoms with Gasteiger partial charge in [0.2, 0.25) is 5.91 Å². The molecule has 4 heteroatoms. The zero-order valence-corrected chi connectivity index (χ0v) is 16.8. The van der Waals surface area contributed by atoms with Gasteiger partial charge in [-0.2, -0.15) is 0 Å². The molecule has 1 aliphatic heterocycles. The lowest BCUT2D eigenvalue weighted by molar-refractivity contribution is -0.130. The highest BCUT2D eigenvalue weighted by atomic mass is 16.2. The molecule has 1 N–H and O–H groups in total. The van der Waals surface area contributed by atoms with Crippen molar-refractivity contribution < 1.29 is 4.79 Å². The smallest absolute Gasteiger partial charge is 0.227 e. The van der Waals surface area contributed by atoms with Gasteiger partial charge in [-0.15, -0.1) is 0 Å². The van der Waals surface area contributed by atoms with Gasteiger partial charge in [0, 0.05) is 32.5 Å². The molecule has 1 saturated heterocycles. The van der Waals surface area contributed by atoms with E-state index >= 15 is 0 Å². The molecule has 0 aliphatic carbocycles. The SMILES string of the molecule is CNC(=O)[C@]1(Cc2ccc(-c3ccccc3)cc2)CCN(Cc2cccnc2)C1. The highest BCUT2D eigenvalue weighted by Gasteiger charge is 2.43. The first-order valence-electron chi connectivity index (χ1n) is 10.2. The predicted octanol–water partition coefficient (Wildman–Crippen LogP) is 3.93. The summed E-state index contributed by atoms with van der Waals surface area (Å²) in [5, 5.41) is 2.91. The van der Waals surface area contributed by atoms with Crippen molar-refractivity contribution in [1.82, 2.24) is 15.2 Å². The minimum Gasteiger partial charge on any atom is -0.359 e. The number of pyridine rings is 1. The monoisotopic (exact) mass is 385 g/mol. The standard InChI is InChI=1S/C25H27N3O/c1-26-24(29)25(13-15-28(19-25)18-21-6-5-14-27-17-21)16-20-9-11-23(12-10-20)22-7-3-2-4-8-22/h2-12,14,17H,13,15-16,18-19H2,1H3,(H,26,29)/t25-/m0/s1. The van der Waals surface area contributed by atoms with Gasteiger partial charge in [0.05, 0.1) is 5.41 Å². The molecule has 1 aromatic heterocycles. The van der Waals surface area contributed by atoms with Crippen molar-refractivity contribution in [1.29, 1.82) is 0 Å². The Labute approximate surface area is 172 Å². The van der Waals surface area contributed by atoms with Gasteiger partial charge in [-0.05, 0) is 47.7 Å². The van der Waals surface area contributed by atoms with Crippen LogP contribution in [0.25, 0.3) is 11.1 Å². The zero-order chi connectivity index (χ0) is 20.1.